The van der Waals surface area contributed by atoms with Crippen LogP contribution in [0.4, 0.5) is 0 Å². The van der Waals surface area contributed by atoms with Gasteiger partial charge in [-0.15, -0.1) is 0 Å². The summed E-state index contributed by atoms with van der Waals surface area (Å²) in [6.07, 6.45) is 9.10. The number of nitrogens with zero attached hydrogens (tertiary/aromatic N) is 2. The van der Waals surface area contributed by atoms with Crippen LogP contribution >= 0.6 is 0 Å². The highest BCUT2D eigenvalue weighted by Crippen LogP contribution is 2.17. The van der Waals surface area contributed by atoms with Gasteiger partial charge in [-0.1, -0.05) is 12.8 Å². The van der Waals surface area contributed by atoms with Crippen molar-refractivity contribution >= 4 is 5.91 Å². The van der Waals surface area contributed by atoms with Crippen molar-refractivity contribution in [2.24, 2.45) is 0 Å². The normalized spacial score (nSPS) is 18.9. The van der Waals surface area contributed by atoms with E-state index in [1.54, 1.807) is 6.20 Å². The van der Waals surface area contributed by atoms with Gasteiger partial charge in [0.2, 0.25) is 5.91 Å². The van der Waals surface area contributed by atoms with Crippen molar-refractivity contribution in [3.8, 4) is 0 Å². The molecule has 0 spiro atoms. The van der Waals surface area contributed by atoms with E-state index in [0.29, 0.717) is 19.0 Å². The molecule has 2 N–H and O–H groups in total. The molecule has 1 aliphatic carbocycles. The number of hydrogen-bond donors (Lipinski definition) is 2. The maximum atomic E-state index is 11.8. The van der Waals surface area contributed by atoms with Gasteiger partial charge in [-0.05, 0) is 32.8 Å². The Morgan fingerprint density at radius 1 is 1.40 bits per heavy atom. The van der Waals surface area contributed by atoms with Crippen LogP contribution in [0.5, 0.6) is 0 Å². The van der Waals surface area contributed by atoms with E-state index in [9.17, 15) is 4.79 Å². The van der Waals surface area contributed by atoms with Crippen molar-refractivity contribution in [2.45, 2.75) is 64.1 Å². The van der Waals surface area contributed by atoms with E-state index in [0.717, 1.165) is 12.8 Å². The van der Waals surface area contributed by atoms with Crippen LogP contribution in [-0.4, -0.2) is 34.3 Å². The third-order valence-electron chi connectivity index (χ3n) is 4.20. The average Bonchev–Trinajstić information content (AvgIpc) is 3.10. The van der Waals surface area contributed by atoms with E-state index < -0.39 is 0 Å². The van der Waals surface area contributed by atoms with Crippen LogP contribution < -0.4 is 10.6 Å². The molecule has 0 radical (unpaired) electrons. The summed E-state index contributed by atoms with van der Waals surface area (Å²) in [4.78, 5) is 11.8. The highest BCUT2D eigenvalue weighted by molar-refractivity contribution is 5.76. The fourth-order valence-electron chi connectivity index (χ4n) is 2.70. The van der Waals surface area contributed by atoms with Gasteiger partial charge in [0.1, 0.15) is 0 Å². The molecule has 20 heavy (non-hydrogen) atoms. The van der Waals surface area contributed by atoms with Gasteiger partial charge in [-0.25, -0.2) is 0 Å². The fourth-order valence-corrected chi connectivity index (χ4v) is 2.70. The quantitative estimate of drug-likeness (QED) is 0.800. The summed E-state index contributed by atoms with van der Waals surface area (Å²) in [6, 6.07) is 2.91. The van der Waals surface area contributed by atoms with E-state index in [2.05, 4.69) is 29.6 Å². The number of nitrogens with one attached hydrogen (secondary N) is 2. The number of rotatable bonds is 7. The molecule has 1 aromatic rings. The first kappa shape index (κ1) is 15.0. The summed E-state index contributed by atoms with van der Waals surface area (Å²) in [5, 5.41) is 10.8. The summed E-state index contributed by atoms with van der Waals surface area (Å²) in [5.41, 5.74) is 0. The molecule has 1 aromatic heterocycles. The van der Waals surface area contributed by atoms with Gasteiger partial charge in [-0.2, -0.15) is 5.10 Å². The van der Waals surface area contributed by atoms with Crippen LogP contribution in [0.15, 0.2) is 18.5 Å². The summed E-state index contributed by atoms with van der Waals surface area (Å²) < 4.78 is 1.94. The van der Waals surface area contributed by atoms with Gasteiger partial charge < -0.3 is 10.6 Å². The molecule has 1 saturated carbocycles. The Balaban J connectivity index is 1.63. The largest absolute Gasteiger partial charge is 0.353 e. The first-order valence-corrected chi connectivity index (χ1v) is 7.68. The molecule has 112 valence electrons. The first-order valence-electron chi connectivity index (χ1n) is 7.68. The lowest BCUT2D eigenvalue weighted by Crippen LogP contribution is -2.38. The van der Waals surface area contributed by atoms with Gasteiger partial charge >= 0.3 is 0 Å². The predicted octanol–water partition coefficient (Wildman–Crippen LogP) is 1.87. The lowest BCUT2D eigenvalue weighted by molar-refractivity contribution is -0.121. The Morgan fingerprint density at radius 3 is 2.80 bits per heavy atom. The fraction of sp³-hybridized carbons (Fsp3) is 0.733. The molecule has 1 aliphatic rings. The second-order valence-corrected chi connectivity index (χ2v) is 5.77. The minimum absolute atomic E-state index is 0.170. The number of carbonyl (C=O) groups is 1. The highest BCUT2D eigenvalue weighted by atomic mass is 16.1. The third-order valence-corrected chi connectivity index (χ3v) is 4.20. The van der Waals surface area contributed by atoms with Crippen molar-refractivity contribution in [3.05, 3.63) is 18.5 Å². The van der Waals surface area contributed by atoms with Gasteiger partial charge in [0, 0.05) is 37.4 Å². The molecule has 2 rings (SSSR count). The van der Waals surface area contributed by atoms with Crippen molar-refractivity contribution in [2.75, 3.05) is 6.54 Å². The van der Waals surface area contributed by atoms with Crippen LogP contribution in [0.3, 0.4) is 0 Å². The van der Waals surface area contributed by atoms with E-state index in [-0.39, 0.29) is 18.0 Å². The lowest BCUT2D eigenvalue weighted by atomic mass is 10.1. The van der Waals surface area contributed by atoms with E-state index in [1.807, 2.05) is 16.9 Å². The maximum absolute atomic E-state index is 11.8. The van der Waals surface area contributed by atoms with Crippen molar-refractivity contribution in [1.29, 1.82) is 0 Å². The standard InChI is InChI=1S/C15H26N4O/c1-12(13(2)19-11-5-9-17-19)16-10-8-15(20)18-14-6-3-4-7-14/h5,9,11-14,16H,3-4,6-8,10H2,1-2H3,(H,18,20)/t12-,13-/m1/s1. The molecule has 1 fully saturated rings. The molecule has 5 nitrogen and oxygen atoms in total. The topological polar surface area (TPSA) is 59.0 Å². The third kappa shape index (κ3) is 4.34. The molecule has 0 aliphatic heterocycles. The minimum Gasteiger partial charge on any atom is -0.353 e. The monoisotopic (exact) mass is 278 g/mol. The van der Waals surface area contributed by atoms with Crippen molar-refractivity contribution in [1.82, 2.24) is 20.4 Å². The van der Waals surface area contributed by atoms with Gasteiger partial charge in [0.15, 0.2) is 0 Å². The Kier molecular flexibility index (Phi) is 5.59. The van der Waals surface area contributed by atoms with E-state index in [4.69, 9.17) is 0 Å². The number of carbonyl (C=O) groups excluding carboxylic acids is 1. The summed E-state index contributed by atoms with van der Waals surface area (Å²) in [6.45, 7) is 4.97. The molecule has 0 unspecified atom stereocenters. The highest BCUT2D eigenvalue weighted by Gasteiger charge is 2.17. The van der Waals surface area contributed by atoms with Crippen LogP contribution in [-0.2, 0) is 4.79 Å². The summed E-state index contributed by atoms with van der Waals surface area (Å²) in [7, 11) is 0. The van der Waals surface area contributed by atoms with Crippen LogP contribution in [0.2, 0.25) is 0 Å². The molecule has 1 heterocycles. The minimum atomic E-state index is 0.170. The molecule has 5 heteroatoms. The Hall–Kier alpha value is -1.36. The number of aromatic nitrogens is 2. The van der Waals surface area contributed by atoms with E-state index >= 15 is 0 Å². The summed E-state index contributed by atoms with van der Waals surface area (Å²) >= 11 is 0. The molecular weight excluding hydrogens is 252 g/mol. The maximum Gasteiger partial charge on any atom is 0.221 e. The molecule has 0 aromatic carbocycles. The second-order valence-electron chi connectivity index (χ2n) is 5.77. The van der Waals surface area contributed by atoms with Gasteiger partial charge in [-0.3, -0.25) is 9.48 Å². The van der Waals surface area contributed by atoms with Crippen LogP contribution in [0.25, 0.3) is 0 Å². The van der Waals surface area contributed by atoms with E-state index in [1.165, 1.54) is 12.8 Å². The van der Waals surface area contributed by atoms with Crippen LogP contribution in [0.1, 0.15) is 52.0 Å². The van der Waals surface area contributed by atoms with Crippen molar-refractivity contribution < 1.29 is 4.79 Å². The number of hydrogen-bond acceptors (Lipinski definition) is 3. The molecule has 1 amide bonds. The molecule has 0 saturated heterocycles. The first-order chi connectivity index (χ1) is 9.66. The van der Waals surface area contributed by atoms with Gasteiger partial charge in [0.05, 0.1) is 6.04 Å². The Labute approximate surface area is 121 Å². The Morgan fingerprint density at radius 2 is 2.15 bits per heavy atom. The molecule has 0 bridgehead atoms. The zero-order valence-electron chi connectivity index (χ0n) is 12.5. The van der Waals surface area contributed by atoms with Crippen LogP contribution in [0, 0.1) is 0 Å². The zero-order valence-corrected chi connectivity index (χ0v) is 12.5. The summed E-state index contributed by atoms with van der Waals surface area (Å²) in [5.74, 6) is 0.170. The smallest absolute Gasteiger partial charge is 0.221 e. The van der Waals surface area contributed by atoms with Gasteiger partial charge in [0.25, 0.3) is 0 Å². The predicted molar refractivity (Wildman–Crippen MR) is 79.4 cm³/mol. The SMILES string of the molecule is C[C@H]([C@@H](C)NCCC(=O)NC1CCCC1)n1cccn1. The molecular formula is C15H26N4O. The second kappa shape index (κ2) is 7.43. The average molecular weight is 278 g/mol. The molecule has 2 atom stereocenters. The Bertz CT molecular complexity index is 398. The zero-order chi connectivity index (χ0) is 14.4. The number of amides is 1. The van der Waals surface area contributed by atoms with Crippen molar-refractivity contribution in [3.63, 3.8) is 0 Å². The lowest BCUT2D eigenvalue weighted by Gasteiger charge is -2.22.